The van der Waals surface area contributed by atoms with Crippen molar-refractivity contribution in [3.05, 3.63) is 211 Å². The van der Waals surface area contributed by atoms with Gasteiger partial charge in [-0.1, -0.05) is 60.7 Å². The fraction of sp³-hybridized carbons (Fsp3) is 0.375. The molecule has 1 amide bonds. The molecule has 2 saturated heterocycles. The van der Waals surface area contributed by atoms with E-state index in [1.54, 1.807) is 61.2 Å². The monoisotopic (exact) mass is 1100 g/mol. The van der Waals surface area contributed by atoms with Crippen LogP contribution in [-0.2, 0) is 22.3 Å². The minimum absolute atomic E-state index is 0.0405. The van der Waals surface area contributed by atoms with Crippen LogP contribution in [0.5, 0.6) is 5.75 Å². The normalized spacial score (nSPS) is 16.5. The highest BCUT2D eigenvalue weighted by molar-refractivity contribution is 5.94. The van der Waals surface area contributed by atoms with Crippen molar-refractivity contribution in [3.8, 4) is 5.75 Å². The average Bonchev–Trinajstić information content (AvgIpc) is 3.49. The fourth-order valence-electron chi connectivity index (χ4n) is 9.96. The Morgan fingerprint density at radius 2 is 1.00 bits per heavy atom. The van der Waals surface area contributed by atoms with Crippen LogP contribution in [0.3, 0.4) is 0 Å². The molecular formula is C64H72N8O9. The van der Waals surface area contributed by atoms with Crippen LogP contribution in [0.15, 0.2) is 160 Å². The van der Waals surface area contributed by atoms with Crippen LogP contribution in [0.4, 0.5) is 0 Å². The van der Waals surface area contributed by atoms with Crippen LogP contribution in [0.25, 0.3) is 21.5 Å². The summed E-state index contributed by atoms with van der Waals surface area (Å²) in [6.45, 7) is 3.79. The number of benzene rings is 4. The SMILES string of the molecule is C1CC(OC2CCNCC2)C1.O=C(O)c1cccc(Cc2n[nH]c(=O)c3ccccc23)c1.O=C(c1cccc(Cc2n[nH]c(=O)c3ccccc23)c1)N1CCC(OC2CCC2)CC1.O=c1cc[nH]cc1.c1cc(OC2CCC2)ccn1. The Hall–Kier alpha value is -8.12. The Morgan fingerprint density at radius 3 is 1.47 bits per heavy atom. The summed E-state index contributed by atoms with van der Waals surface area (Å²) in [6, 6.07) is 35.9. The van der Waals surface area contributed by atoms with Crippen LogP contribution in [-0.4, -0.2) is 109 Å². The van der Waals surface area contributed by atoms with E-state index in [4.69, 9.17) is 19.3 Å². The van der Waals surface area contributed by atoms with E-state index in [2.05, 4.69) is 35.7 Å². The third-order valence-corrected chi connectivity index (χ3v) is 15.2. The van der Waals surface area contributed by atoms with Gasteiger partial charge in [-0.15, -0.1) is 0 Å². The maximum Gasteiger partial charge on any atom is 0.335 e. The molecule has 0 atom stereocenters. The number of nitrogens with zero attached hydrogens (tertiary/aromatic N) is 4. The first-order valence-electron chi connectivity index (χ1n) is 28.5. The zero-order valence-electron chi connectivity index (χ0n) is 45.7. The standard InChI is InChI=1S/C25H27N3O3.C16H12N2O3.C9H17NO.C9H11NO.C5H5NO/c29-24-22-10-2-1-9-21(22)23(26-27-24)16-17-5-3-6-18(15-17)25(30)28-13-11-20(12-14-28)31-19-7-4-8-19;19-15-13-7-2-1-6-12(13)14(17-18-15)9-10-4-3-5-11(8-10)16(20)21;2*1-2-8(3-1)11-9-4-6-10-7-5-9;7-5-1-3-6-4-2-5/h1-3,5-6,9-10,15,19-20H,4,7-8,11-14,16H2,(H,27,29);1-8H,9H2,(H,18,19)(H,20,21);8-10H,1-7H2;4-8H,1-3H2;1-4H,(H,6,7). The topological polar surface area (TPSA) is 235 Å². The molecule has 81 heavy (non-hydrogen) atoms. The molecule has 5 fully saturated rings. The number of pyridine rings is 2. The largest absolute Gasteiger partial charge is 0.490 e. The lowest BCUT2D eigenvalue weighted by molar-refractivity contribution is -0.0706. The minimum atomic E-state index is -0.962. The van der Waals surface area contributed by atoms with Crippen molar-refractivity contribution in [2.24, 2.45) is 0 Å². The molecule has 0 radical (unpaired) electrons. The van der Waals surface area contributed by atoms with Crippen LogP contribution >= 0.6 is 0 Å². The summed E-state index contributed by atoms with van der Waals surface area (Å²) in [7, 11) is 0. The number of amides is 1. The Labute approximate surface area is 470 Å². The maximum atomic E-state index is 13.1. The van der Waals surface area contributed by atoms with Gasteiger partial charge in [0.15, 0.2) is 5.43 Å². The van der Waals surface area contributed by atoms with Crippen molar-refractivity contribution >= 4 is 33.4 Å². The van der Waals surface area contributed by atoms with Crippen molar-refractivity contribution in [1.82, 2.24) is 40.6 Å². The number of hydrogen-bond donors (Lipinski definition) is 5. The van der Waals surface area contributed by atoms with Gasteiger partial charge in [-0.2, -0.15) is 10.2 Å². The molecule has 13 rings (SSSR count). The summed E-state index contributed by atoms with van der Waals surface area (Å²) in [5.74, 6) is 0.0593. The highest BCUT2D eigenvalue weighted by Crippen LogP contribution is 2.28. The van der Waals surface area contributed by atoms with E-state index in [0.29, 0.717) is 65.4 Å². The molecule has 0 spiro atoms. The van der Waals surface area contributed by atoms with Gasteiger partial charge in [-0.05, 0) is 156 Å². The molecule has 422 valence electrons. The predicted molar refractivity (Wildman–Crippen MR) is 312 cm³/mol. The van der Waals surface area contributed by atoms with E-state index < -0.39 is 5.97 Å². The molecule has 3 aliphatic carbocycles. The Morgan fingerprint density at radius 1 is 0.531 bits per heavy atom. The van der Waals surface area contributed by atoms with Gasteiger partial charge in [0.2, 0.25) is 0 Å². The highest BCUT2D eigenvalue weighted by Gasteiger charge is 2.29. The molecule has 4 aromatic carbocycles. The second kappa shape index (κ2) is 29.4. The molecule has 4 aromatic heterocycles. The summed E-state index contributed by atoms with van der Waals surface area (Å²) < 4.78 is 17.6. The van der Waals surface area contributed by atoms with Crippen LogP contribution in [0, 0.1) is 0 Å². The maximum absolute atomic E-state index is 13.1. The molecule has 17 nitrogen and oxygen atoms in total. The molecule has 3 saturated carbocycles. The van der Waals surface area contributed by atoms with Gasteiger partial charge in [0, 0.05) is 79.2 Å². The number of ether oxygens (including phenoxy) is 3. The van der Waals surface area contributed by atoms with Gasteiger partial charge in [-0.3, -0.25) is 24.2 Å². The summed E-state index contributed by atoms with van der Waals surface area (Å²) in [5.41, 5.74) is 3.91. The number of carboxylic acid groups (broad SMARTS) is 1. The molecule has 17 heteroatoms. The number of carboxylic acids is 1. The summed E-state index contributed by atoms with van der Waals surface area (Å²) >= 11 is 0. The number of likely N-dealkylation sites (tertiary alicyclic amines) is 1. The highest BCUT2D eigenvalue weighted by atomic mass is 16.5. The smallest absolute Gasteiger partial charge is 0.335 e. The van der Waals surface area contributed by atoms with E-state index in [1.165, 1.54) is 82.8 Å². The van der Waals surface area contributed by atoms with Gasteiger partial charge in [0.05, 0.1) is 58.2 Å². The molecule has 0 bridgehead atoms. The number of aromatic amines is 3. The first-order chi connectivity index (χ1) is 39.6. The van der Waals surface area contributed by atoms with E-state index >= 15 is 0 Å². The molecular weight excluding hydrogens is 1020 g/mol. The number of fused-ring (bicyclic) bond motifs is 2. The molecule has 0 unspecified atom stereocenters. The summed E-state index contributed by atoms with van der Waals surface area (Å²) in [4.78, 5) is 66.7. The van der Waals surface area contributed by atoms with Gasteiger partial charge in [0.1, 0.15) is 5.75 Å². The van der Waals surface area contributed by atoms with E-state index in [1.807, 2.05) is 77.7 Å². The minimum Gasteiger partial charge on any atom is -0.490 e. The lowest BCUT2D eigenvalue weighted by atomic mass is 9.95. The summed E-state index contributed by atoms with van der Waals surface area (Å²) in [6.07, 6.45) is 25.8. The van der Waals surface area contributed by atoms with Crippen molar-refractivity contribution in [2.75, 3.05) is 26.2 Å². The Kier molecular flexibility index (Phi) is 20.9. The lowest BCUT2D eigenvalue weighted by Crippen LogP contribution is -2.42. The Balaban J connectivity index is 0.000000135. The van der Waals surface area contributed by atoms with Gasteiger partial charge < -0.3 is 34.5 Å². The zero-order valence-corrected chi connectivity index (χ0v) is 45.7. The number of nitrogens with one attached hydrogen (secondary N) is 4. The van der Waals surface area contributed by atoms with Gasteiger partial charge >= 0.3 is 5.97 Å². The van der Waals surface area contributed by atoms with Crippen LogP contribution in [0.2, 0.25) is 0 Å². The molecule has 5 aliphatic rings. The molecule has 2 aliphatic heterocycles. The van der Waals surface area contributed by atoms with E-state index in [9.17, 15) is 24.0 Å². The first-order valence-corrected chi connectivity index (χ1v) is 28.5. The quantitative estimate of drug-likeness (QED) is 0.0768. The number of aromatic nitrogens is 6. The third-order valence-electron chi connectivity index (χ3n) is 15.2. The van der Waals surface area contributed by atoms with E-state index in [0.717, 1.165) is 72.4 Å². The first kappa shape index (κ1) is 57.6. The van der Waals surface area contributed by atoms with Crippen LogP contribution < -0.4 is 26.6 Å². The van der Waals surface area contributed by atoms with Crippen molar-refractivity contribution in [2.45, 2.75) is 127 Å². The number of rotatable bonds is 12. The fourth-order valence-corrected chi connectivity index (χ4v) is 9.96. The number of H-pyrrole nitrogens is 3. The second-order valence-corrected chi connectivity index (χ2v) is 21.1. The summed E-state index contributed by atoms with van der Waals surface area (Å²) in [5, 5.41) is 28.6. The molecule has 5 N–H and O–H groups in total. The van der Waals surface area contributed by atoms with Crippen molar-refractivity contribution < 1.29 is 28.9 Å². The zero-order chi connectivity index (χ0) is 56.2. The van der Waals surface area contributed by atoms with Crippen molar-refractivity contribution in [3.63, 3.8) is 0 Å². The molecule has 8 aromatic rings. The number of carbonyl (C=O) groups excluding carboxylic acids is 1. The van der Waals surface area contributed by atoms with Gasteiger partial charge in [0.25, 0.3) is 17.0 Å². The average molecular weight is 1100 g/mol. The number of carbonyl (C=O) groups is 2. The second-order valence-electron chi connectivity index (χ2n) is 21.1. The third kappa shape index (κ3) is 17.0. The van der Waals surface area contributed by atoms with Crippen LogP contribution in [0.1, 0.15) is 127 Å². The number of hydrogen-bond acceptors (Lipinski definition) is 12. The van der Waals surface area contributed by atoms with E-state index in [-0.39, 0.29) is 28.0 Å². The van der Waals surface area contributed by atoms with Gasteiger partial charge in [-0.25, -0.2) is 15.0 Å². The number of piperidine rings is 2. The van der Waals surface area contributed by atoms with Crippen molar-refractivity contribution in [1.29, 1.82) is 0 Å². The molecule has 6 heterocycles. The Bertz CT molecular complexity index is 3450. The lowest BCUT2D eigenvalue weighted by Gasteiger charge is -2.36. The number of aromatic carboxylic acids is 1. The predicted octanol–water partition coefficient (Wildman–Crippen LogP) is 9.60.